The zero-order valence-electron chi connectivity index (χ0n) is 15.2. The second-order valence-electron chi connectivity index (χ2n) is 5.85. The third-order valence-corrected chi connectivity index (χ3v) is 3.97. The molecule has 4 nitrogen and oxygen atoms in total. The molecule has 0 bridgehead atoms. The molecule has 0 saturated heterocycles. The monoisotopic (exact) mass is 294 g/mol. The second-order valence-corrected chi connectivity index (χ2v) is 5.85. The SMILES string of the molecule is CCCCCC[N+](C)(C)CC.CC[NH+](CC)CC.[OH-].[OH-]. The number of rotatable bonds is 9. The van der Waals surface area contributed by atoms with Crippen molar-refractivity contribution < 1.29 is 20.3 Å². The number of nitrogens with one attached hydrogen (secondary N) is 1. The summed E-state index contributed by atoms with van der Waals surface area (Å²) in [6.45, 7) is 17.6. The molecule has 0 unspecified atom stereocenters. The van der Waals surface area contributed by atoms with Crippen molar-refractivity contribution in [2.45, 2.75) is 60.3 Å². The Bertz CT molecular complexity index is 155. The van der Waals surface area contributed by atoms with E-state index in [1.807, 2.05) is 0 Å². The van der Waals surface area contributed by atoms with Crippen molar-refractivity contribution >= 4 is 0 Å². The van der Waals surface area contributed by atoms with E-state index in [-0.39, 0.29) is 11.0 Å². The van der Waals surface area contributed by atoms with E-state index in [2.05, 4.69) is 48.7 Å². The molecular weight excluding hydrogens is 252 g/mol. The van der Waals surface area contributed by atoms with Gasteiger partial charge in [0.05, 0.1) is 46.8 Å². The van der Waals surface area contributed by atoms with Gasteiger partial charge in [0.2, 0.25) is 0 Å². The minimum atomic E-state index is 0. The van der Waals surface area contributed by atoms with Gasteiger partial charge in [0.25, 0.3) is 0 Å². The third kappa shape index (κ3) is 20.2. The van der Waals surface area contributed by atoms with E-state index < -0.39 is 0 Å². The maximum Gasteiger partial charge on any atom is 0.0782 e. The lowest BCUT2D eigenvalue weighted by Crippen LogP contribution is -3.11. The molecule has 0 amide bonds. The molecule has 0 rings (SSSR count). The van der Waals surface area contributed by atoms with Gasteiger partial charge in [-0.3, -0.25) is 0 Å². The summed E-state index contributed by atoms with van der Waals surface area (Å²) in [6.07, 6.45) is 5.57. The van der Waals surface area contributed by atoms with E-state index in [1.54, 1.807) is 4.90 Å². The Balaban J connectivity index is -0.000000126. The zero-order chi connectivity index (χ0) is 14.4. The standard InChI is InChI=1S/C10H24N.C6H15N.2H2O/c1-5-7-8-9-10-11(3,4)6-2;1-4-7(5-2)6-3;;/h5-10H2,1-4H3;4-6H2,1-3H3;2*1H2/q+1;;;/p-1. The van der Waals surface area contributed by atoms with Gasteiger partial charge in [-0.1, -0.05) is 19.8 Å². The van der Waals surface area contributed by atoms with Crippen molar-refractivity contribution in [1.82, 2.24) is 0 Å². The van der Waals surface area contributed by atoms with Crippen LogP contribution >= 0.6 is 0 Å². The van der Waals surface area contributed by atoms with Crippen LogP contribution in [0.5, 0.6) is 0 Å². The van der Waals surface area contributed by atoms with Crippen molar-refractivity contribution in [3.05, 3.63) is 0 Å². The summed E-state index contributed by atoms with van der Waals surface area (Å²) in [5.41, 5.74) is 0. The molecule has 3 N–H and O–H groups in total. The lowest BCUT2D eigenvalue weighted by Gasteiger charge is -2.28. The molecule has 0 aromatic heterocycles. The Labute approximate surface area is 128 Å². The predicted molar refractivity (Wildman–Crippen MR) is 88.1 cm³/mol. The summed E-state index contributed by atoms with van der Waals surface area (Å²) in [4.78, 5) is 1.68. The summed E-state index contributed by atoms with van der Waals surface area (Å²) in [5, 5.41) is 0. The highest BCUT2D eigenvalue weighted by atomic mass is 16.0. The van der Waals surface area contributed by atoms with Gasteiger partial charge in [0, 0.05) is 0 Å². The summed E-state index contributed by atoms with van der Waals surface area (Å²) in [6, 6.07) is 0. The summed E-state index contributed by atoms with van der Waals surface area (Å²) in [7, 11) is 4.62. The quantitative estimate of drug-likeness (QED) is 0.523. The molecule has 0 heterocycles. The topological polar surface area (TPSA) is 64.4 Å². The fraction of sp³-hybridized carbons (Fsp3) is 1.00. The predicted octanol–water partition coefficient (Wildman–Crippen LogP) is 2.24. The Kier molecular flexibility index (Phi) is 26.4. The van der Waals surface area contributed by atoms with Gasteiger partial charge in [-0.2, -0.15) is 0 Å². The van der Waals surface area contributed by atoms with Crippen LogP contribution in [-0.2, 0) is 0 Å². The third-order valence-electron chi connectivity index (χ3n) is 3.97. The fourth-order valence-corrected chi connectivity index (χ4v) is 1.87. The zero-order valence-corrected chi connectivity index (χ0v) is 15.2. The average molecular weight is 295 g/mol. The number of nitrogens with zero attached hydrogens (tertiary/aromatic N) is 1. The Morgan fingerprint density at radius 1 is 0.700 bits per heavy atom. The molecular formula is C16H42N2O2. The van der Waals surface area contributed by atoms with Crippen LogP contribution in [0.1, 0.15) is 60.3 Å². The van der Waals surface area contributed by atoms with Crippen molar-refractivity contribution in [1.29, 1.82) is 0 Å². The van der Waals surface area contributed by atoms with Gasteiger partial charge in [-0.25, -0.2) is 0 Å². The molecule has 20 heavy (non-hydrogen) atoms. The van der Waals surface area contributed by atoms with Crippen LogP contribution in [0.2, 0.25) is 0 Å². The van der Waals surface area contributed by atoms with Gasteiger partial charge in [-0.05, 0) is 40.5 Å². The van der Waals surface area contributed by atoms with Crippen molar-refractivity contribution in [3.63, 3.8) is 0 Å². The van der Waals surface area contributed by atoms with Crippen LogP contribution in [0.15, 0.2) is 0 Å². The van der Waals surface area contributed by atoms with Crippen LogP contribution in [-0.4, -0.2) is 62.3 Å². The van der Waals surface area contributed by atoms with Gasteiger partial charge in [-0.15, -0.1) is 0 Å². The number of hydrogen-bond donors (Lipinski definition) is 1. The van der Waals surface area contributed by atoms with Gasteiger partial charge >= 0.3 is 0 Å². The van der Waals surface area contributed by atoms with Crippen molar-refractivity contribution in [2.75, 3.05) is 46.8 Å². The lowest BCUT2D eigenvalue weighted by atomic mass is 10.2. The summed E-state index contributed by atoms with van der Waals surface area (Å²) < 4.78 is 1.18. The van der Waals surface area contributed by atoms with E-state index in [0.717, 1.165) is 0 Å². The van der Waals surface area contributed by atoms with Gasteiger partial charge in [0.15, 0.2) is 0 Å². The van der Waals surface area contributed by atoms with Crippen molar-refractivity contribution in [3.8, 4) is 0 Å². The smallest absolute Gasteiger partial charge is 0.0782 e. The normalized spacial score (nSPS) is 10.2. The molecule has 0 aliphatic carbocycles. The van der Waals surface area contributed by atoms with Crippen LogP contribution in [0, 0.1) is 0 Å². The minimum absolute atomic E-state index is 0. The van der Waals surface area contributed by atoms with E-state index in [1.165, 1.54) is 62.9 Å². The fourth-order valence-electron chi connectivity index (χ4n) is 1.87. The average Bonchev–Trinajstić information content (AvgIpc) is 2.38. The van der Waals surface area contributed by atoms with E-state index in [9.17, 15) is 0 Å². The molecule has 0 saturated carbocycles. The first-order valence-electron chi connectivity index (χ1n) is 8.12. The van der Waals surface area contributed by atoms with Gasteiger partial charge in [0.1, 0.15) is 0 Å². The Hall–Kier alpha value is -0.160. The summed E-state index contributed by atoms with van der Waals surface area (Å²) in [5.74, 6) is 0. The molecule has 0 aromatic carbocycles. The van der Waals surface area contributed by atoms with Crippen LogP contribution in [0.25, 0.3) is 0 Å². The largest absolute Gasteiger partial charge is 0.870 e. The first-order valence-corrected chi connectivity index (χ1v) is 8.12. The van der Waals surface area contributed by atoms with Crippen molar-refractivity contribution in [2.24, 2.45) is 0 Å². The first-order chi connectivity index (χ1) is 8.47. The summed E-state index contributed by atoms with van der Waals surface area (Å²) >= 11 is 0. The number of unbranched alkanes of at least 4 members (excludes halogenated alkanes) is 3. The highest BCUT2D eigenvalue weighted by molar-refractivity contribution is 4.39. The molecule has 0 aliphatic rings. The second kappa shape index (κ2) is 18.8. The minimum Gasteiger partial charge on any atom is -0.870 e. The Morgan fingerprint density at radius 2 is 1.15 bits per heavy atom. The molecule has 0 radical (unpaired) electrons. The number of hydrogen-bond acceptors (Lipinski definition) is 2. The molecule has 4 heteroatoms. The van der Waals surface area contributed by atoms with Crippen LogP contribution in [0.4, 0.5) is 0 Å². The molecule has 128 valence electrons. The lowest BCUT2D eigenvalue weighted by molar-refractivity contribution is -0.894. The molecule has 0 aliphatic heterocycles. The maximum absolute atomic E-state index is 2.31. The van der Waals surface area contributed by atoms with Crippen LogP contribution < -0.4 is 4.90 Å². The first kappa shape index (κ1) is 28.1. The highest BCUT2D eigenvalue weighted by Crippen LogP contribution is 2.04. The number of quaternary nitrogens is 2. The maximum atomic E-state index is 2.31. The van der Waals surface area contributed by atoms with E-state index in [4.69, 9.17) is 0 Å². The molecule has 0 spiro atoms. The van der Waals surface area contributed by atoms with Gasteiger partial charge < -0.3 is 20.3 Å². The highest BCUT2D eigenvalue weighted by Gasteiger charge is 2.09. The van der Waals surface area contributed by atoms with Crippen LogP contribution in [0.3, 0.4) is 0 Å². The molecule has 0 atom stereocenters. The van der Waals surface area contributed by atoms with E-state index >= 15 is 0 Å². The Morgan fingerprint density at radius 3 is 1.40 bits per heavy atom. The molecule has 0 fully saturated rings. The molecule has 0 aromatic rings. The van der Waals surface area contributed by atoms with E-state index in [0.29, 0.717) is 0 Å².